The molecule has 29 heavy (non-hydrogen) atoms. The molecular weight excluding hydrogens is 390 g/mol. The van der Waals surface area contributed by atoms with Crippen LogP contribution in [0.1, 0.15) is 11.1 Å². The van der Waals surface area contributed by atoms with Gasteiger partial charge in [-0.05, 0) is 47.9 Å². The summed E-state index contributed by atoms with van der Waals surface area (Å²) in [7, 11) is -3.78. The summed E-state index contributed by atoms with van der Waals surface area (Å²) in [5, 5.41) is 19.0. The highest BCUT2D eigenvalue weighted by molar-refractivity contribution is 7.91. The zero-order valence-electron chi connectivity index (χ0n) is 15.6. The molecule has 0 aliphatic heterocycles. The lowest BCUT2D eigenvalue weighted by molar-refractivity contribution is 0.143. The van der Waals surface area contributed by atoms with Crippen LogP contribution in [0, 0.1) is 0 Å². The zero-order chi connectivity index (χ0) is 20.9. The maximum Gasteiger partial charge on any atom is 0.407 e. The summed E-state index contributed by atoms with van der Waals surface area (Å²) in [5.74, 6) is -0.125. The van der Waals surface area contributed by atoms with E-state index in [-0.39, 0.29) is 28.6 Å². The van der Waals surface area contributed by atoms with Gasteiger partial charge in [0.1, 0.15) is 5.75 Å². The van der Waals surface area contributed by atoms with E-state index >= 15 is 0 Å². The largest absolute Gasteiger partial charge is 0.508 e. The van der Waals surface area contributed by atoms with Crippen LogP contribution in [0.2, 0.25) is 0 Å². The molecule has 2 N–H and O–H groups in total. The van der Waals surface area contributed by atoms with E-state index in [9.17, 15) is 23.4 Å². The van der Waals surface area contributed by atoms with E-state index in [1.165, 1.54) is 35.2 Å². The molecule has 150 valence electrons. The number of hydrogen-bond acceptors (Lipinski definition) is 4. The number of carboxylic acid groups (broad SMARTS) is 1. The molecule has 0 unspecified atom stereocenters. The summed E-state index contributed by atoms with van der Waals surface area (Å²) < 4.78 is 25.6. The topological polar surface area (TPSA) is 94.9 Å². The molecule has 0 radical (unpaired) electrons. The second kappa shape index (κ2) is 8.79. The maximum absolute atomic E-state index is 12.8. The first-order chi connectivity index (χ1) is 13.9. The predicted molar refractivity (Wildman–Crippen MR) is 109 cm³/mol. The van der Waals surface area contributed by atoms with Crippen LogP contribution in [-0.2, 0) is 22.8 Å². The molecule has 3 aromatic carbocycles. The van der Waals surface area contributed by atoms with Crippen LogP contribution in [-0.4, -0.2) is 36.2 Å². The van der Waals surface area contributed by atoms with Gasteiger partial charge >= 0.3 is 6.09 Å². The van der Waals surface area contributed by atoms with Gasteiger partial charge in [-0.2, -0.15) is 0 Å². The number of phenolic OH excluding ortho intramolecular Hbond substituents is 1. The van der Waals surface area contributed by atoms with E-state index in [0.717, 1.165) is 5.56 Å². The number of rotatable bonds is 7. The molecule has 3 aromatic rings. The second-order valence-corrected chi connectivity index (χ2v) is 8.54. The number of hydrogen-bond donors (Lipinski definition) is 2. The van der Waals surface area contributed by atoms with Gasteiger partial charge in [0.05, 0.1) is 9.79 Å². The van der Waals surface area contributed by atoms with Crippen molar-refractivity contribution in [3.05, 3.63) is 90.0 Å². The normalized spacial score (nSPS) is 11.2. The molecule has 3 rings (SSSR count). The number of phenols is 1. The quantitative estimate of drug-likeness (QED) is 0.614. The molecule has 0 fully saturated rings. The van der Waals surface area contributed by atoms with Gasteiger partial charge in [-0.25, -0.2) is 13.2 Å². The highest BCUT2D eigenvalue weighted by Crippen LogP contribution is 2.24. The Balaban J connectivity index is 1.76. The van der Waals surface area contributed by atoms with Crippen LogP contribution in [0.5, 0.6) is 5.75 Å². The minimum absolute atomic E-state index is 0.00545. The number of sulfone groups is 1. The van der Waals surface area contributed by atoms with Crippen LogP contribution in [0.25, 0.3) is 0 Å². The fourth-order valence-electron chi connectivity index (χ4n) is 2.97. The summed E-state index contributed by atoms with van der Waals surface area (Å²) in [5.41, 5.74) is 1.60. The molecule has 1 amide bonds. The smallest absolute Gasteiger partial charge is 0.407 e. The van der Waals surface area contributed by atoms with Crippen LogP contribution in [0.4, 0.5) is 4.79 Å². The van der Waals surface area contributed by atoms with E-state index in [1.54, 1.807) is 18.2 Å². The van der Waals surface area contributed by atoms with Crippen molar-refractivity contribution in [1.29, 1.82) is 0 Å². The second-order valence-electron chi connectivity index (χ2n) is 6.59. The van der Waals surface area contributed by atoms with Crippen molar-refractivity contribution in [2.45, 2.75) is 22.8 Å². The Hall–Kier alpha value is -3.32. The van der Waals surface area contributed by atoms with Gasteiger partial charge in [-0.1, -0.05) is 48.5 Å². The minimum atomic E-state index is -3.78. The van der Waals surface area contributed by atoms with Crippen molar-refractivity contribution in [2.24, 2.45) is 0 Å². The standard InChI is InChI=1S/C22H21NO5S/c24-19-9-5-11-21(15-19)29(27,28)20-10-4-8-17(14-20)12-13-23(22(25)26)16-18-6-2-1-3-7-18/h1-11,14-15,24H,12-13,16H2,(H,25,26). The minimum Gasteiger partial charge on any atom is -0.508 e. The first-order valence-corrected chi connectivity index (χ1v) is 10.5. The number of nitrogens with zero attached hydrogens (tertiary/aromatic N) is 1. The molecule has 7 heteroatoms. The Kier molecular flexibility index (Phi) is 6.19. The lowest BCUT2D eigenvalue weighted by atomic mass is 10.1. The Morgan fingerprint density at radius 3 is 2.10 bits per heavy atom. The van der Waals surface area contributed by atoms with Crippen LogP contribution in [0.15, 0.2) is 88.7 Å². The molecule has 0 aliphatic carbocycles. The van der Waals surface area contributed by atoms with E-state index in [0.29, 0.717) is 12.0 Å². The third-order valence-electron chi connectivity index (χ3n) is 4.49. The first kappa shape index (κ1) is 20.4. The molecule has 0 heterocycles. The van der Waals surface area contributed by atoms with Gasteiger partial charge in [-0.3, -0.25) is 0 Å². The van der Waals surface area contributed by atoms with Crippen molar-refractivity contribution in [3.63, 3.8) is 0 Å². The highest BCUT2D eigenvalue weighted by atomic mass is 32.2. The molecular formula is C22H21NO5S. The first-order valence-electron chi connectivity index (χ1n) is 9.01. The highest BCUT2D eigenvalue weighted by Gasteiger charge is 2.19. The summed E-state index contributed by atoms with van der Waals surface area (Å²) in [4.78, 5) is 13.0. The van der Waals surface area contributed by atoms with Crippen molar-refractivity contribution in [2.75, 3.05) is 6.54 Å². The molecule has 0 saturated heterocycles. The fraction of sp³-hybridized carbons (Fsp3) is 0.136. The van der Waals surface area contributed by atoms with Crippen LogP contribution in [0.3, 0.4) is 0 Å². The zero-order valence-corrected chi connectivity index (χ0v) is 16.4. The molecule has 6 nitrogen and oxygen atoms in total. The van der Waals surface area contributed by atoms with Crippen molar-refractivity contribution >= 4 is 15.9 Å². The van der Waals surface area contributed by atoms with Gasteiger partial charge < -0.3 is 15.1 Å². The molecule has 0 aromatic heterocycles. The predicted octanol–water partition coefficient (Wildman–Crippen LogP) is 3.95. The SMILES string of the molecule is O=C(O)N(CCc1cccc(S(=O)(=O)c2cccc(O)c2)c1)Cc1ccccc1. The summed E-state index contributed by atoms with van der Waals surface area (Å²) in [6.07, 6.45) is -0.653. The monoisotopic (exact) mass is 411 g/mol. The molecule has 0 atom stereocenters. The van der Waals surface area contributed by atoms with Crippen molar-refractivity contribution in [3.8, 4) is 5.75 Å². The number of carbonyl (C=O) groups is 1. The van der Waals surface area contributed by atoms with Gasteiger partial charge in [0, 0.05) is 13.1 Å². The Bertz CT molecular complexity index is 1100. The fourth-order valence-corrected chi connectivity index (χ4v) is 4.34. The van der Waals surface area contributed by atoms with Crippen LogP contribution < -0.4 is 0 Å². The number of aromatic hydroxyl groups is 1. The lowest BCUT2D eigenvalue weighted by Gasteiger charge is -2.19. The maximum atomic E-state index is 12.8. The van der Waals surface area contributed by atoms with E-state index in [2.05, 4.69) is 0 Å². The summed E-state index contributed by atoms with van der Waals surface area (Å²) in [6.45, 7) is 0.497. The van der Waals surface area contributed by atoms with Crippen LogP contribution >= 0.6 is 0 Å². The Morgan fingerprint density at radius 1 is 0.828 bits per heavy atom. The Morgan fingerprint density at radius 2 is 1.45 bits per heavy atom. The Labute approximate surface area is 169 Å². The molecule has 0 bridgehead atoms. The van der Waals surface area contributed by atoms with E-state index in [1.807, 2.05) is 30.3 Å². The van der Waals surface area contributed by atoms with E-state index < -0.39 is 15.9 Å². The molecule has 0 aliphatic rings. The molecule has 0 saturated carbocycles. The van der Waals surface area contributed by atoms with Crippen molar-refractivity contribution in [1.82, 2.24) is 4.90 Å². The average molecular weight is 411 g/mol. The number of benzene rings is 3. The average Bonchev–Trinajstić information content (AvgIpc) is 2.72. The van der Waals surface area contributed by atoms with Gasteiger partial charge in [0.2, 0.25) is 9.84 Å². The van der Waals surface area contributed by atoms with Crippen molar-refractivity contribution < 1.29 is 23.4 Å². The van der Waals surface area contributed by atoms with Gasteiger partial charge in [0.25, 0.3) is 0 Å². The summed E-state index contributed by atoms with van der Waals surface area (Å²) >= 11 is 0. The third-order valence-corrected chi connectivity index (χ3v) is 6.24. The third kappa shape index (κ3) is 5.14. The lowest BCUT2D eigenvalue weighted by Crippen LogP contribution is -2.31. The van der Waals surface area contributed by atoms with E-state index in [4.69, 9.17) is 0 Å². The summed E-state index contributed by atoms with van der Waals surface area (Å²) in [6, 6.07) is 21.2. The number of amides is 1. The van der Waals surface area contributed by atoms with Gasteiger partial charge in [0.15, 0.2) is 0 Å². The molecule has 0 spiro atoms. The van der Waals surface area contributed by atoms with Gasteiger partial charge in [-0.15, -0.1) is 0 Å².